The first-order valence-electron chi connectivity index (χ1n) is 10.5. The predicted octanol–water partition coefficient (Wildman–Crippen LogP) is 2.18. The second-order valence-corrected chi connectivity index (χ2v) is 11.4. The summed E-state index contributed by atoms with van der Waals surface area (Å²) in [5.74, 6) is -1.91. The highest BCUT2D eigenvalue weighted by Gasteiger charge is 2.29. The molecule has 0 bridgehead atoms. The lowest BCUT2D eigenvalue weighted by molar-refractivity contribution is -0.145. The Kier molecular flexibility index (Phi) is 13.4. The minimum atomic E-state index is -1.72. The number of esters is 1. The van der Waals surface area contributed by atoms with Crippen LogP contribution in [0.5, 0.6) is 0 Å². The van der Waals surface area contributed by atoms with Crippen molar-refractivity contribution in [1.29, 1.82) is 0 Å². The molecular weight excluding hydrogens is 499 g/mol. The monoisotopic (exact) mass is 532 g/mol. The molecule has 5 N–H and O–H groups in total. The predicted molar refractivity (Wildman–Crippen MR) is 127 cm³/mol. The van der Waals surface area contributed by atoms with Gasteiger partial charge in [-0.1, -0.05) is 48.7 Å². The Morgan fingerprint density at radius 3 is 2.03 bits per heavy atom. The number of carbonyl (C=O) groups is 4. The van der Waals surface area contributed by atoms with Crippen LogP contribution in [0.1, 0.15) is 54.4 Å². The molecule has 0 heterocycles. The van der Waals surface area contributed by atoms with Gasteiger partial charge in [0.05, 0.1) is 0 Å². The van der Waals surface area contributed by atoms with Crippen molar-refractivity contribution in [2.45, 2.75) is 81.9 Å². The minimum Gasteiger partial charge on any atom is -0.460 e. The molecule has 0 rings (SSSR count). The quantitative estimate of drug-likeness (QED) is 0.181. The lowest BCUT2D eigenvalue weighted by Gasteiger charge is -2.26. The zero-order valence-electron chi connectivity index (χ0n) is 19.8. The van der Waals surface area contributed by atoms with Crippen LogP contribution in [-0.4, -0.2) is 64.5 Å². The Hall–Kier alpha value is -1.49. The highest BCUT2D eigenvalue weighted by atomic mass is 35.6. The summed E-state index contributed by atoms with van der Waals surface area (Å²) in [5.41, 5.74) is 5.00. The maximum atomic E-state index is 12.6. The number of alkyl halides is 3. The molecule has 0 unspecified atom stereocenters. The summed E-state index contributed by atoms with van der Waals surface area (Å²) in [6.45, 7) is 9.96. The zero-order chi connectivity index (χ0) is 26.0. The van der Waals surface area contributed by atoms with Gasteiger partial charge in [0.25, 0.3) is 0 Å². The second-order valence-electron chi connectivity index (χ2n) is 8.86. The molecule has 192 valence electrons. The first kappa shape index (κ1) is 31.5. The molecule has 3 atom stereocenters. The van der Waals surface area contributed by atoms with Gasteiger partial charge in [-0.05, 0) is 46.5 Å². The van der Waals surface area contributed by atoms with Gasteiger partial charge in [0.1, 0.15) is 30.3 Å². The Labute approximate surface area is 209 Å². The van der Waals surface area contributed by atoms with Crippen molar-refractivity contribution in [1.82, 2.24) is 16.0 Å². The molecule has 0 spiro atoms. The molecule has 0 aromatic rings. The van der Waals surface area contributed by atoms with E-state index in [-0.39, 0.29) is 18.9 Å². The molecule has 0 aliphatic heterocycles. The van der Waals surface area contributed by atoms with Crippen molar-refractivity contribution in [2.75, 3.05) is 13.2 Å². The molecule has 13 heteroatoms. The standard InChI is InChI=1S/C20H35Cl3N4O6/c1-11(2)14(27-18(31)33-19(4,5)6)16(29)26-12(3)15(28)25-9-7-8-13(24)17(30)32-10-20(21,22)23/h11-14H,7-10,24H2,1-6H3,(H,25,28)(H,26,29)(H,27,31)/t12-,13-,14-/m0/s1. The van der Waals surface area contributed by atoms with Crippen LogP contribution in [0.25, 0.3) is 0 Å². The fraction of sp³-hybridized carbons (Fsp3) is 0.800. The fourth-order valence-electron chi connectivity index (χ4n) is 2.40. The maximum Gasteiger partial charge on any atom is 0.408 e. The summed E-state index contributed by atoms with van der Waals surface area (Å²) in [7, 11) is 0. The van der Waals surface area contributed by atoms with Crippen molar-refractivity contribution < 1.29 is 28.7 Å². The fourth-order valence-corrected chi connectivity index (χ4v) is 2.57. The largest absolute Gasteiger partial charge is 0.460 e. The van der Waals surface area contributed by atoms with Crippen LogP contribution in [-0.2, 0) is 23.9 Å². The molecule has 0 aliphatic carbocycles. The number of amides is 3. The van der Waals surface area contributed by atoms with Crippen LogP contribution in [0.15, 0.2) is 0 Å². The molecule has 0 saturated heterocycles. The average molecular weight is 534 g/mol. The Morgan fingerprint density at radius 1 is 0.970 bits per heavy atom. The second kappa shape index (κ2) is 14.0. The van der Waals surface area contributed by atoms with Gasteiger partial charge in [0, 0.05) is 6.54 Å². The van der Waals surface area contributed by atoms with Crippen molar-refractivity contribution in [3.8, 4) is 0 Å². The third kappa shape index (κ3) is 15.1. The summed E-state index contributed by atoms with van der Waals surface area (Å²) in [5, 5.41) is 7.74. The van der Waals surface area contributed by atoms with Gasteiger partial charge in [-0.15, -0.1) is 0 Å². The smallest absolute Gasteiger partial charge is 0.408 e. The van der Waals surface area contributed by atoms with Crippen LogP contribution in [0.2, 0.25) is 0 Å². The van der Waals surface area contributed by atoms with Crippen LogP contribution >= 0.6 is 34.8 Å². The number of carbonyl (C=O) groups excluding carboxylic acids is 4. The molecule has 3 amide bonds. The van der Waals surface area contributed by atoms with Crippen LogP contribution < -0.4 is 21.7 Å². The maximum absolute atomic E-state index is 12.6. The minimum absolute atomic E-state index is 0.217. The molecule has 0 radical (unpaired) electrons. The summed E-state index contributed by atoms with van der Waals surface area (Å²) >= 11 is 16.5. The van der Waals surface area contributed by atoms with E-state index in [1.165, 1.54) is 6.92 Å². The SMILES string of the molecule is CC(C)[C@H](NC(=O)OC(C)(C)C)C(=O)N[C@@H](C)C(=O)NCCC[C@H](N)C(=O)OCC(Cl)(Cl)Cl. The molecule has 0 saturated carbocycles. The summed E-state index contributed by atoms with van der Waals surface area (Å²) in [6.07, 6.45) is -0.114. The number of ether oxygens (including phenoxy) is 2. The van der Waals surface area contributed by atoms with Gasteiger partial charge in [-0.25, -0.2) is 4.79 Å². The first-order valence-corrected chi connectivity index (χ1v) is 11.6. The van der Waals surface area contributed by atoms with E-state index in [1.54, 1.807) is 34.6 Å². The average Bonchev–Trinajstić information content (AvgIpc) is 2.64. The van der Waals surface area contributed by atoms with E-state index in [9.17, 15) is 19.2 Å². The number of alkyl carbamates (subject to hydrolysis) is 1. The highest BCUT2D eigenvalue weighted by Crippen LogP contribution is 2.26. The molecular formula is C20H35Cl3N4O6. The van der Waals surface area contributed by atoms with Gasteiger partial charge in [0.15, 0.2) is 0 Å². The van der Waals surface area contributed by atoms with Gasteiger partial charge in [0.2, 0.25) is 15.6 Å². The van der Waals surface area contributed by atoms with Gasteiger partial charge < -0.3 is 31.2 Å². The lowest BCUT2D eigenvalue weighted by atomic mass is 10.0. The Morgan fingerprint density at radius 2 is 1.55 bits per heavy atom. The zero-order valence-corrected chi connectivity index (χ0v) is 22.1. The van der Waals surface area contributed by atoms with Gasteiger partial charge >= 0.3 is 12.1 Å². The molecule has 0 aromatic heterocycles. The van der Waals surface area contributed by atoms with E-state index < -0.39 is 58.0 Å². The van der Waals surface area contributed by atoms with E-state index in [1.807, 2.05) is 0 Å². The highest BCUT2D eigenvalue weighted by molar-refractivity contribution is 6.67. The Balaban J connectivity index is 4.48. The summed E-state index contributed by atoms with van der Waals surface area (Å²) in [4.78, 5) is 48.6. The third-order valence-corrected chi connectivity index (χ3v) is 4.37. The molecule has 0 aliphatic rings. The molecule has 0 fully saturated rings. The lowest BCUT2D eigenvalue weighted by Crippen LogP contribution is -2.55. The van der Waals surface area contributed by atoms with E-state index in [0.29, 0.717) is 6.42 Å². The van der Waals surface area contributed by atoms with Crippen molar-refractivity contribution in [3.63, 3.8) is 0 Å². The Bertz CT molecular complexity index is 680. The van der Waals surface area contributed by atoms with Crippen molar-refractivity contribution in [2.24, 2.45) is 11.7 Å². The summed E-state index contributed by atoms with van der Waals surface area (Å²) in [6, 6.07) is -2.67. The van der Waals surface area contributed by atoms with Gasteiger partial charge in [-0.3, -0.25) is 14.4 Å². The molecule has 10 nitrogen and oxygen atoms in total. The molecule has 0 aromatic carbocycles. The van der Waals surface area contributed by atoms with Gasteiger partial charge in [-0.2, -0.15) is 0 Å². The van der Waals surface area contributed by atoms with Crippen LogP contribution in [0, 0.1) is 5.92 Å². The van der Waals surface area contributed by atoms with E-state index >= 15 is 0 Å². The van der Waals surface area contributed by atoms with Crippen LogP contribution in [0.4, 0.5) is 4.79 Å². The number of hydrogen-bond acceptors (Lipinski definition) is 7. The summed E-state index contributed by atoms with van der Waals surface area (Å²) < 4.78 is 8.25. The number of hydrogen-bond donors (Lipinski definition) is 4. The number of halogens is 3. The van der Waals surface area contributed by atoms with E-state index in [0.717, 1.165) is 0 Å². The topological polar surface area (TPSA) is 149 Å². The first-order chi connectivity index (χ1) is 14.9. The number of rotatable bonds is 11. The van der Waals surface area contributed by atoms with Crippen molar-refractivity contribution >= 4 is 58.7 Å². The number of nitrogens with two attached hydrogens (primary N) is 1. The van der Waals surface area contributed by atoms with Crippen molar-refractivity contribution in [3.05, 3.63) is 0 Å². The third-order valence-electron chi connectivity index (χ3n) is 4.05. The normalized spacial score (nSPS) is 14.6. The van der Waals surface area contributed by atoms with E-state index in [4.69, 9.17) is 50.0 Å². The number of nitrogens with one attached hydrogen (secondary N) is 3. The van der Waals surface area contributed by atoms with E-state index in [2.05, 4.69) is 16.0 Å². The van der Waals surface area contributed by atoms with Crippen LogP contribution in [0.3, 0.4) is 0 Å². The molecule has 33 heavy (non-hydrogen) atoms.